The summed E-state index contributed by atoms with van der Waals surface area (Å²) < 4.78 is 0. The van der Waals surface area contributed by atoms with Gasteiger partial charge in [0.2, 0.25) is 0 Å². The molecule has 0 radical (unpaired) electrons. The van der Waals surface area contributed by atoms with E-state index in [1.807, 2.05) is 31.3 Å². The summed E-state index contributed by atoms with van der Waals surface area (Å²) in [6.45, 7) is 4.99. The van der Waals surface area contributed by atoms with Crippen LogP contribution in [-0.4, -0.2) is 22.0 Å². The lowest BCUT2D eigenvalue weighted by Crippen LogP contribution is -2.19. The van der Waals surface area contributed by atoms with Gasteiger partial charge in [-0.15, -0.1) is 0 Å². The molecule has 1 aromatic carbocycles. The Morgan fingerprint density at radius 1 is 1.29 bits per heavy atom. The molecule has 0 fully saturated rings. The fourth-order valence-corrected chi connectivity index (χ4v) is 2.19. The number of anilines is 1. The van der Waals surface area contributed by atoms with Crippen LogP contribution in [0, 0.1) is 0 Å². The Hall–Kier alpha value is -2.01. The first-order chi connectivity index (χ1) is 9.97. The van der Waals surface area contributed by atoms with Crippen molar-refractivity contribution in [1.29, 1.82) is 0 Å². The fraction of sp³-hybridized carbons (Fsp3) is 0.312. The Morgan fingerprint density at radius 2 is 2.05 bits per heavy atom. The summed E-state index contributed by atoms with van der Waals surface area (Å²) in [5.41, 5.74) is 8.76. The van der Waals surface area contributed by atoms with Gasteiger partial charge in [-0.1, -0.05) is 44.3 Å². The van der Waals surface area contributed by atoms with Gasteiger partial charge in [0.25, 0.3) is 0 Å². The van der Waals surface area contributed by atoms with Crippen molar-refractivity contribution in [2.75, 3.05) is 11.9 Å². The maximum atomic E-state index is 5.67. The summed E-state index contributed by atoms with van der Waals surface area (Å²) in [6, 6.07) is 10.00. The number of nitrogens with two attached hydrogens (primary N) is 1. The van der Waals surface area contributed by atoms with Gasteiger partial charge in [-0.05, 0) is 17.5 Å². The number of benzene rings is 1. The van der Waals surface area contributed by atoms with Crippen molar-refractivity contribution in [2.24, 2.45) is 5.73 Å². The van der Waals surface area contributed by atoms with Gasteiger partial charge in [-0.3, -0.25) is 0 Å². The van der Waals surface area contributed by atoms with Crippen molar-refractivity contribution in [3.63, 3.8) is 0 Å². The van der Waals surface area contributed by atoms with E-state index in [-0.39, 0.29) is 0 Å². The lowest BCUT2D eigenvalue weighted by molar-refractivity contribution is 0.802. The average Bonchev–Trinajstić information content (AvgIpc) is 2.47. The molecule has 2 aromatic rings. The van der Waals surface area contributed by atoms with E-state index in [1.54, 1.807) is 6.33 Å². The number of nitrogens with zero attached hydrogens (tertiary/aromatic N) is 3. The first kappa shape index (κ1) is 15.4. The molecule has 0 aliphatic heterocycles. The second-order valence-electron chi connectivity index (χ2n) is 5.38. The lowest BCUT2D eigenvalue weighted by Gasteiger charge is -2.19. The highest BCUT2D eigenvalue weighted by Gasteiger charge is 2.08. The Labute approximate surface area is 131 Å². The Bertz CT molecular complexity index is 640. The van der Waals surface area contributed by atoms with E-state index in [4.69, 9.17) is 18.0 Å². The summed E-state index contributed by atoms with van der Waals surface area (Å²) in [5.74, 6) is 1.30. The molecule has 0 spiro atoms. The highest BCUT2D eigenvalue weighted by molar-refractivity contribution is 7.80. The van der Waals surface area contributed by atoms with Gasteiger partial charge in [0, 0.05) is 30.9 Å². The summed E-state index contributed by atoms with van der Waals surface area (Å²) in [6.07, 6.45) is 1.62. The van der Waals surface area contributed by atoms with Crippen LogP contribution < -0.4 is 10.6 Å². The molecule has 21 heavy (non-hydrogen) atoms. The summed E-state index contributed by atoms with van der Waals surface area (Å²) in [4.78, 5) is 11.1. The van der Waals surface area contributed by atoms with Crippen LogP contribution in [0.2, 0.25) is 0 Å². The van der Waals surface area contributed by atoms with Crippen molar-refractivity contribution in [1.82, 2.24) is 9.97 Å². The van der Waals surface area contributed by atoms with Crippen molar-refractivity contribution >= 4 is 23.0 Å². The zero-order valence-corrected chi connectivity index (χ0v) is 13.4. The topological polar surface area (TPSA) is 55.0 Å². The number of hydrogen-bond acceptors (Lipinski definition) is 4. The molecule has 1 heterocycles. The summed E-state index contributed by atoms with van der Waals surface area (Å²) >= 11 is 5.02. The molecule has 0 atom stereocenters. The molecule has 0 amide bonds. The fourth-order valence-electron chi connectivity index (χ4n) is 2.06. The molecule has 0 saturated carbocycles. The van der Waals surface area contributed by atoms with Crippen LogP contribution in [0.25, 0.3) is 0 Å². The van der Waals surface area contributed by atoms with E-state index >= 15 is 0 Å². The van der Waals surface area contributed by atoms with Crippen LogP contribution in [-0.2, 0) is 6.54 Å². The predicted molar refractivity (Wildman–Crippen MR) is 90.6 cm³/mol. The molecule has 1 aromatic heterocycles. The van der Waals surface area contributed by atoms with Crippen LogP contribution in [0.3, 0.4) is 0 Å². The van der Waals surface area contributed by atoms with Crippen LogP contribution in [0.1, 0.15) is 36.6 Å². The molecule has 2 N–H and O–H groups in total. The van der Waals surface area contributed by atoms with Crippen LogP contribution >= 0.6 is 12.2 Å². The van der Waals surface area contributed by atoms with Crippen molar-refractivity contribution < 1.29 is 0 Å². The molecule has 110 valence electrons. The van der Waals surface area contributed by atoms with Gasteiger partial charge in [-0.25, -0.2) is 9.97 Å². The van der Waals surface area contributed by atoms with E-state index in [9.17, 15) is 0 Å². The molecule has 0 aliphatic carbocycles. The third kappa shape index (κ3) is 3.98. The number of thiocarbonyl (C=S) groups is 1. The van der Waals surface area contributed by atoms with Crippen molar-refractivity contribution in [2.45, 2.75) is 26.3 Å². The van der Waals surface area contributed by atoms with Gasteiger partial charge >= 0.3 is 0 Å². The second kappa shape index (κ2) is 6.63. The molecule has 4 nitrogen and oxygen atoms in total. The minimum absolute atomic E-state index is 0.387. The van der Waals surface area contributed by atoms with Gasteiger partial charge in [0.1, 0.15) is 17.1 Å². The molecular formula is C16H20N4S. The molecule has 2 rings (SSSR count). The molecule has 0 saturated heterocycles. The Kier molecular flexibility index (Phi) is 4.85. The van der Waals surface area contributed by atoms with Crippen molar-refractivity contribution in [3.8, 4) is 0 Å². The van der Waals surface area contributed by atoms with Crippen LogP contribution in [0.5, 0.6) is 0 Å². The third-order valence-corrected chi connectivity index (χ3v) is 3.52. The number of rotatable bonds is 5. The SMILES string of the molecule is CC(C)c1cc(N(C)Cc2cccc(C(N)=S)c2)ncn1. The second-order valence-corrected chi connectivity index (χ2v) is 5.82. The smallest absolute Gasteiger partial charge is 0.132 e. The maximum Gasteiger partial charge on any atom is 0.132 e. The normalized spacial score (nSPS) is 10.7. The van der Waals surface area contributed by atoms with Crippen LogP contribution in [0.15, 0.2) is 36.7 Å². The van der Waals surface area contributed by atoms with Crippen LogP contribution in [0.4, 0.5) is 5.82 Å². The van der Waals surface area contributed by atoms with E-state index < -0.39 is 0 Å². The molecule has 0 unspecified atom stereocenters. The molecule has 0 bridgehead atoms. The maximum absolute atomic E-state index is 5.67. The minimum Gasteiger partial charge on any atom is -0.389 e. The Morgan fingerprint density at radius 3 is 2.71 bits per heavy atom. The largest absolute Gasteiger partial charge is 0.389 e. The van der Waals surface area contributed by atoms with Gasteiger partial charge in [-0.2, -0.15) is 0 Å². The van der Waals surface area contributed by atoms with Gasteiger partial charge in [0.05, 0.1) is 0 Å². The minimum atomic E-state index is 0.387. The quantitative estimate of drug-likeness (QED) is 0.861. The predicted octanol–water partition coefficient (Wildman–Crippen LogP) is 2.87. The van der Waals surface area contributed by atoms with E-state index in [0.29, 0.717) is 10.9 Å². The number of aromatic nitrogens is 2. The van der Waals surface area contributed by atoms with Crippen molar-refractivity contribution in [3.05, 3.63) is 53.5 Å². The summed E-state index contributed by atoms with van der Waals surface area (Å²) in [5, 5.41) is 0. The molecule has 5 heteroatoms. The molecule has 0 aliphatic rings. The first-order valence-electron chi connectivity index (χ1n) is 6.89. The number of hydrogen-bond donors (Lipinski definition) is 1. The monoisotopic (exact) mass is 300 g/mol. The highest BCUT2D eigenvalue weighted by atomic mass is 32.1. The first-order valence-corrected chi connectivity index (χ1v) is 7.30. The van der Waals surface area contributed by atoms with E-state index in [0.717, 1.165) is 29.2 Å². The standard InChI is InChI=1S/C16H20N4S/c1-11(2)14-8-15(19-10-18-14)20(3)9-12-5-4-6-13(7-12)16(17)21/h4-8,10-11H,9H2,1-3H3,(H2,17,21). The van der Waals surface area contributed by atoms with Gasteiger partial charge in [0.15, 0.2) is 0 Å². The van der Waals surface area contributed by atoms with Gasteiger partial charge < -0.3 is 10.6 Å². The lowest BCUT2D eigenvalue weighted by atomic mass is 10.1. The third-order valence-electron chi connectivity index (χ3n) is 3.29. The average molecular weight is 300 g/mol. The Balaban J connectivity index is 2.17. The zero-order valence-electron chi connectivity index (χ0n) is 12.6. The van der Waals surface area contributed by atoms with E-state index in [1.165, 1.54) is 0 Å². The highest BCUT2D eigenvalue weighted by Crippen LogP contribution is 2.18. The van der Waals surface area contributed by atoms with E-state index in [2.05, 4.69) is 34.8 Å². The summed E-state index contributed by atoms with van der Waals surface area (Å²) in [7, 11) is 2.01. The molecular weight excluding hydrogens is 280 g/mol. The zero-order chi connectivity index (χ0) is 15.4.